The number of nitrogens with two attached hydrogens (primary N) is 1. The first kappa shape index (κ1) is 22.6. The van der Waals surface area contributed by atoms with Crippen molar-refractivity contribution in [1.29, 1.82) is 0 Å². The Morgan fingerprint density at radius 3 is 1.92 bits per heavy atom. The van der Waals surface area contributed by atoms with E-state index in [0.29, 0.717) is 13.1 Å². The Balaban J connectivity index is 0.000000498. The van der Waals surface area contributed by atoms with E-state index < -0.39 is 11.7 Å². The molecule has 0 spiro atoms. The van der Waals surface area contributed by atoms with E-state index in [0.717, 1.165) is 20.0 Å². The number of amides is 1. The van der Waals surface area contributed by atoms with Gasteiger partial charge in [0, 0.05) is 6.54 Å². The molecule has 0 aliphatic heterocycles. The highest BCUT2D eigenvalue weighted by atomic mass is 35.5. The molecule has 24 heavy (non-hydrogen) atoms. The van der Waals surface area contributed by atoms with Gasteiger partial charge in [-0.05, 0) is 34.6 Å². The van der Waals surface area contributed by atoms with Crippen LogP contribution in [0.2, 0.25) is 0 Å². The predicted molar refractivity (Wildman–Crippen MR) is 97.5 cm³/mol. The average Bonchev–Trinajstić information content (AvgIpc) is 3.04. The van der Waals surface area contributed by atoms with Crippen LogP contribution in [-0.4, -0.2) is 32.1 Å². The molecular weight excluding hydrogens is 372 g/mol. The van der Waals surface area contributed by atoms with Gasteiger partial charge in [-0.3, -0.25) is 0 Å². The number of aryl methyl sites for hydroxylation is 2. The summed E-state index contributed by atoms with van der Waals surface area (Å²) in [5, 5.41) is 21.4. The lowest BCUT2D eigenvalue weighted by Crippen LogP contribution is -2.32. The smallest absolute Gasteiger partial charge is 0.408 e. The SMILES string of the molecule is Cc1nnc(CN)s1.Cc1nnc(CNC(=O)OC(C)(C)C)s1.Cl. The second kappa shape index (κ2) is 10.5. The monoisotopic (exact) mass is 394 g/mol. The molecule has 0 bridgehead atoms. The Kier molecular flexibility index (Phi) is 9.90. The molecule has 11 heteroatoms. The highest BCUT2D eigenvalue weighted by molar-refractivity contribution is 7.11. The van der Waals surface area contributed by atoms with Gasteiger partial charge >= 0.3 is 6.09 Å². The second-order valence-electron chi connectivity index (χ2n) is 5.49. The van der Waals surface area contributed by atoms with E-state index >= 15 is 0 Å². The van der Waals surface area contributed by atoms with Gasteiger partial charge in [-0.2, -0.15) is 0 Å². The Morgan fingerprint density at radius 2 is 1.58 bits per heavy atom. The van der Waals surface area contributed by atoms with E-state index in [-0.39, 0.29) is 12.4 Å². The van der Waals surface area contributed by atoms with Crippen molar-refractivity contribution in [3.8, 4) is 0 Å². The Hall–Kier alpha value is -1.36. The minimum atomic E-state index is -0.471. The maximum absolute atomic E-state index is 11.3. The van der Waals surface area contributed by atoms with Crippen molar-refractivity contribution in [3.63, 3.8) is 0 Å². The van der Waals surface area contributed by atoms with E-state index in [2.05, 4.69) is 25.7 Å². The molecular formula is C13H23ClN6O2S2. The summed E-state index contributed by atoms with van der Waals surface area (Å²) in [7, 11) is 0. The number of ether oxygens (including phenoxy) is 1. The number of hydrogen-bond donors (Lipinski definition) is 2. The number of nitrogens with zero attached hydrogens (tertiary/aromatic N) is 4. The number of aromatic nitrogens is 4. The number of carbonyl (C=O) groups excluding carboxylic acids is 1. The summed E-state index contributed by atoms with van der Waals surface area (Å²) >= 11 is 3.00. The Morgan fingerprint density at radius 1 is 1.08 bits per heavy atom. The fourth-order valence-electron chi connectivity index (χ4n) is 1.29. The van der Waals surface area contributed by atoms with E-state index in [1.54, 1.807) is 11.3 Å². The van der Waals surface area contributed by atoms with Crippen molar-refractivity contribution < 1.29 is 9.53 Å². The van der Waals surface area contributed by atoms with Gasteiger partial charge in [-0.1, -0.05) is 11.3 Å². The van der Waals surface area contributed by atoms with Gasteiger partial charge in [-0.15, -0.1) is 44.1 Å². The number of rotatable bonds is 3. The third-order valence-corrected chi connectivity index (χ3v) is 3.79. The van der Waals surface area contributed by atoms with Gasteiger partial charge in [0.15, 0.2) is 0 Å². The zero-order valence-electron chi connectivity index (χ0n) is 14.3. The van der Waals surface area contributed by atoms with Crippen LogP contribution in [0.3, 0.4) is 0 Å². The lowest BCUT2D eigenvalue weighted by Gasteiger charge is -2.19. The largest absolute Gasteiger partial charge is 0.444 e. The van der Waals surface area contributed by atoms with Gasteiger partial charge in [0.25, 0.3) is 0 Å². The molecule has 8 nitrogen and oxygen atoms in total. The summed E-state index contributed by atoms with van der Waals surface area (Å²) < 4.78 is 5.07. The first-order valence-corrected chi connectivity index (χ1v) is 8.58. The van der Waals surface area contributed by atoms with Crippen molar-refractivity contribution in [2.24, 2.45) is 5.73 Å². The van der Waals surface area contributed by atoms with Gasteiger partial charge in [-0.25, -0.2) is 4.79 Å². The maximum atomic E-state index is 11.3. The van der Waals surface area contributed by atoms with Crippen molar-refractivity contribution >= 4 is 41.2 Å². The van der Waals surface area contributed by atoms with Crippen LogP contribution >= 0.6 is 35.1 Å². The summed E-state index contributed by atoms with van der Waals surface area (Å²) in [6, 6.07) is 0. The molecule has 0 fully saturated rings. The summed E-state index contributed by atoms with van der Waals surface area (Å²) in [6.07, 6.45) is -0.435. The van der Waals surface area contributed by atoms with Crippen molar-refractivity contribution in [2.75, 3.05) is 0 Å². The molecule has 0 atom stereocenters. The van der Waals surface area contributed by atoms with E-state index in [1.807, 2.05) is 34.6 Å². The van der Waals surface area contributed by atoms with Gasteiger partial charge in [0.2, 0.25) is 0 Å². The number of alkyl carbamates (subject to hydrolysis) is 1. The maximum Gasteiger partial charge on any atom is 0.408 e. The molecule has 2 aromatic heterocycles. The van der Waals surface area contributed by atoms with Crippen LogP contribution in [0.1, 0.15) is 40.8 Å². The van der Waals surface area contributed by atoms with Crippen molar-refractivity contribution in [3.05, 3.63) is 20.0 Å². The normalized spacial score (nSPS) is 10.2. The quantitative estimate of drug-likeness (QED) is 0.821. The van der Waals surface area contributed by atoms with Crippen LogP contribution in [-0.2, 0) is 17.8 Å². The molecule has 0 radical (unpaired) electrons. The number of nitrogens with one attached hydrogen (secondary N) is 1. The van der Waals surface area contributed by atoms with Crippen molar-refractivity contribution in [1.82, 2.24) is 25.7 Å². The highest BCUT2D eigenvalue weighted by Gasteiger charge is 2.16. The molecule has 0 aromatic carbocycles. The molecule has 2 heterocycles. The molecule has 136 valence electrons. The molecule has 3 N–H and O–H groups in total. The van der Waals surface area contributed by atoms with E-state index in [4.69, 9.17) is 10.5 Å². The fourth-order valence-corrected chi connectivity index (χ4v) is 2.53. The van der Waals surface area contributed by atoms with Crippen LogP contribution in [0.15, 0.2) is 0 Å². The van der Waals surface area contributed by atoms with Crippen LogP contribution in [0.5, 0.6) is 0 Å². The molecule has 0 unspecified atom stereocenters. The molecule has 0 saturated carbocycles. The van der Waals surface area contributed by atoms with Crippen molar-refractivity contribution in [2.45, 2.75) is 53.3 Å². The first-order chi connectivity index (χ1) is 10.7. The molecule has 0 saturated heterocycles. The Labute approximate surface area is 155 Å². The summed E-state index contributed by atoms with van der Waals surface area (Å²) in [4.78, 5) is 11.3. The molecule has 2 rings (SSSR count). The first-order valence-electron chi connectivity index (χ1n) is 6.94. The van der Waals surface area contributed by atoms with Gasteiger partial charge in [0.05, 0.1) is 6.54 Å². The average molecular weight is 395 g/mol. The van der Waals surface area contributed by atoms with Crippen LogP contribution in [0.4, 0.5) is 4.79 Å². The van der Waals surface area contributed by atoms with Crippen LogP contribution in [0, 0.1) is 13.8 Å². The zero-order valence-corrected chi connectivity index (χ0v) is 16.8. The predicted octanol–water partition coefficient (Wildman–Crippen LogP) is 2.60. The Bertz CT molecular complexity index is 626. The lowest BCUT2D eigenvalue weighted by molar-refractivity contribution is 0.0523. The van der Waals surface area contributed by atoms with Gasteiger partial charge in [0.1, 0.15) is 25.6 Å². The molecule has 0 aliphatic carbocycles. The number of hydrogen-bond acceptors (Lipinski definition) is 9. The molecule has 0 aliphatic rings. The van der Waals surface area contributed by atoms with E-state index in [9.17, 15) is 4.79 Å². The molecule has 2 aromatic rings. The van der Waals surface area contributed by atoms with Crippen LogP contribution < -0.4 is 11.1 Å². The molecule has 1 amide bonds. The fraction of sp³-hybridized carbons (Fsp3) is 0.615. The summed E-state index contributed by atoms with van der Waals surface area (Å²) in [5.74, 6) is 0. The summed E-state index contributed by atoms with van der Waals surface area (Å²) in [5.41, 5.74) is 4.80. The highest BCUT2D eigenvalue weighted by Crippen LogP contribution is 2.09. The minimum Gasteiger partial charge on any atom is -0.444 e. The number of carbonyl (C=O) groups is 1. The van der Waals surface area contributed by atoms with E-state index in [1.165, 1.54) is 11.3 Å². The summed E-state index contributed by atoms with van der Waals surface area (Å²) in [6.45, 7) is 10.1. The second-order valence-corrected chi connectivity index (χ2v) is 8.02. The third-order valence-electron chi connectivity index (χ3n) is 2.09. The standard InChI is InChI=1S/C9H15N3O2S.C4H7N3S.ClH/c1-6-11-12-7(15-6)5-10-8(13)14-9(2,3)4;1-3-6-7-4(2-5)8-3;/h5H2,1-4H3,(H,10,13);2,5H2,1H3;1H. The third kappa shape index (κ3) is 9.71. The topological polar surface area (TPSA) is 116 Å². The van der Waals surface area contributed by atoms with Crippen LogP contribution in [0.25, 0.3) is 0 Å². The van der Waals surface area contributed by atoms with Gasteiger partial charge < -0.3 is 15.8 Å². The zero-order chi connectivity index (χ0) is 17.5. The number of halogens is 1. The minimum absolute atomic E-state index is 0. The lowest BCUT2D eigenvalue weighted by atomic mass is 10.2.